The van der Waals surface area contributed by atoms with Crippen LogP contribution in [0.2, 0.25) is 0 Å². The summed E-state index contributed by atoms with van der Waals surface area (Å²) in [5.41, 5.74) is 2.47. The zero-order valence-electron chi connectivity index (χ0n) is 18.5. The van der Waals surface area contributed by atoms with Crippen molar-refractivity contribution in [3.05, 3.63) is 64.8 Å². The zero-order valence-corrected chi connectivity index (χ0v) is 18.5. The molecule has 0 aliphatic heterocycles. The van der Waals surface area contributed by atoms with Gasteiger partial charge in [0.05, 0.1) is 29.4 Å². The van der Waals surface area contributed by atoms with Gasteiger partial charge in [0.2, 0.25) is 0 Å². The standard InChI is InChI=1S/C25H21N5O3/c1-4-27-23-16(2)8-10-25(23,32)11-9-17-6-5-7-19(12-17)30-21-13-18(14-26)28-15-20(21)22(29-30)24(31)33-3/h4-7,12-13,15,32H,8,10H2,1-3H3. The molecule has 0 saturated heterocycles. The lowest BCUT2D eigenvalue weighted by molar-refractivity contribution is 0.0595. The van der Waals surface area contributed by atoms with Crippen LogP contribution in [0.3, 0.4) is 0 Å². The summed E-state index contributed by atoms with van der Waals surface area (Å²) in [6.45, 7) is 3.76. The van der Waals surface area contributed by atoms with Crippen LogP contribution in [-0.4, -0.2) is 44.8 Å². The minimum absolute atomic E-state index is 0.101. The number of aliphatic hydroxyl groups is 1. The molecule has 8 heteroatoms. The van der Waals surface area contributed by atoms with Gasteiger partial charge in [-0.25, -0.2) is 14.5 Å². The molecule has 1 N–H and O–H groups in total. The van der Waals surface area contributed by atoms with E-state index in [9.17, 15) is 15.2 Å². The second kappa shape index (κ2) is 8.70. The maximum Gasteiger partial charge on any atom is 0.359 e. The van der Waals surface area contributed by atoms with Crippen molar-refractivity contribution in [2.24, 2.45) is 4.99 Å². The third-order valence-electron chi connectivity index (χ3n) is 5.48. The second-order valence-electron chi connectivity index (χ2n) is 7.63. The van der Waals surface area contributed by atoms with Gasteiger partial charge in [0, 0.05) is 24.0 Å². The summed E-state index contributed by atoms with van der Waals surface area (Å²) < 4.78 is 6.40. The van der Waals surface area contributed by atoms with E-state index in [0.29, 0.717) is 34.3 Å². The smallest absolute Gasteiger partial charge is 0.359 e. The third-order valence-corrected chi connectivity index (χ3v) is 5.48. The minimum Gasteiger partial charge on any atom is -0.464 e. The van der Waals surface area contributed by atoms with Crippen LogP contribution >= 0.6 is 0 Å². The van der Waals surface area contributed by atoms with Gasteiger partial charge < -0.3 is 9.84 Å². The number of methoxy groups -OCH3 is 1. The van der Waals surface area contributed by atoms with Gasteiger partial charge in [-0.05, 0) is 50.5 Å². The number of nitriles is 1. The van der Waals surface area contributed by atoms with Crippen molar-refractivity contribution in [2.75, 3.05) is 7.11 Å². The number of hydrogen-bond donors (Lipinski definition) is 1. The molecule has 2 aromatic heterocycles. The lowest BCUT2D eigenvalue weighted by Gasteiger charge is -2.16. The molecule has 0 spiro atoms. The Bertz CT molecular complexity index is 1430. The normalized spacial score (nSPS) is 17.8. The maximum absolute atomic E-state index is 12.2. The number of benzene rings is 1. The van der Waals surface area contributed by atoms with Gasteiger partial charge in [0.1, 0.15) is 11.8 Å². The number of esters is 1. The molecule has 1 aromatic carbocycles. The highest BCUT2D eigenvalue weighted by atomic mass is 16.5. The molecule has 0 saturated carbocycles. The van der Waals surface area contributed by atoms with Crippen LogP contribution < -0.4 is 0 Å². The van der Waals surface area contributed by atoms with E-state index in [-0.39, 0.29) is 11.4 Å². The molecule has 2 heterocycles. The van der Waals surface area contributed by atoms with Crippen LogP contribution in [0.15, 0.2) is 52.8 Å². The molecule has 1 aliphatic rings. The number of ether oxygens (including phenoxy) is 1. The Hall–Kier alpha value is -4.27. The molecule has 3 aromatic rings. The van der Waals surface area contributed by atoms with Gasteiger partial charge in [0.15, 0.2) is 11.3 Å². The average molecular weight is 439 g/mol. The van der Waals surface area contributed by atoms with E-state index in [0.717, 1.165) is 12.0 Å². The van der Waals surface area contributed by atoms with Crippen LogP contribution in [0.1, 0.15) is 48.4 Å². The first-order chi connectivity index (χ1) is 15.9. The SMILES string of the molecule is CC=NC1=C(C)CCC1(O)C#Cc1cccc(-n2nc(C(=O)OC)c3cnc(C#N)cc32)c1. The van der Waals surface area contributed by atoms with E-state index in [1.807, 2.05) is 31.2 Å². The molecular weight excluding hydrogens is 418 g/mol. The Balaban J connectivity index is 1.79. The minimum atomic E-state index is -1.30. The molecule has 1 unspecified atom stereocenters. The molecule has 33 heavy (non-hydrogen) atoms. The zero-order chi connectivity index (χ0) is 23.6. The van der Waals surface area contributed by atoms with Gasteiger partial charge in [-0.2, -0.15) is 10.4 Å². The second-order valence-corrected chi connectivity index (χ2v) is 7.63. The predicted octanol–water partition coefficient (Wildman–Crippen LogP) is 3.32. The largest absolute Gasteiger partial charge is 0.464 e. The molecular formula is C25H21N5O3. The van der Waals surface area contributed by atoms with Crippen molar-refractivity contribution < 1.29 is 14.6 Å². The predicted molar refractivity (Wildman–Crippen MR) is 123 cm³/mol. The Kier molecular flexibility index (Phi) is 5.78. The highest BCUT2D eigenvalue weighted by molar-refractivity contribution is 6.02. The number of aliphatic imine (C=N–C) groups is 1. The lowest BCUT2D eigenvalue weighted by Crippen LogP contribution is -2.25. The monoisotopic (exact) mass is 439 g/mol. The fourth-order valence-electron chi connectivity index (χ4n) is 3.83. The number of aromatic nitrogens is 3. The first-order valence-corrected chi connectivity index (χ1v) is 10.3. The molecule has 8 nitrogen and oxygen atoms in total. The summed E-state index contributed by atoms with van der Waals surface area (Å²) in [6, 6.07) is 10.8. The maximum atomic E-state index is 12.2. The number of nitrogens with zero attached hydrogens (tertiary/aromatic N) is 5. The number of carbonyl (C=O) groups excluding carboxylic acids is 1. The van der Waals surface area contributed by atoms with Crippen molar-refractivity contribution >= 4 is 23.1 Å². The van der Waals surface area contributed by atoms with E-state index in [2.05, 4.69) is 26.9 Å². The first kappa shape index (κ1) is 21.9. The average Bonchev–Trinajstić information content (AvgIpc) is 3.35. The fourth-order valence-corrected chi connectivity index (χ4v) is 3.83. The number of fused-ring (bicyclic) bond motifs is 1. The third kappa shape index (κ3) is 4.00. The quantitative estimate of drug-likeness (QED) is 0.380. The van der Waals surface area contributed by atoms with Crippen LogP contribution in [0.25, 0.3) is 16.6 Å². The molecule has 0 amide bonds. The van der Waals surface area contributed by atoms with Crippen LogP contribution in [0.4, 0.5) is 0 Å². The van der Waals surface area contributed by atoms with Gasteiger partial charge in [0.25, 0.3) is 0 Å². The van der Waals surface area contributed by atoms with Crippen molar-refractivity contribution in [2.45, 2.75) is 32.3 Å². The Morgan fingerprint density at radius 3 is 2.94 bits per heavy atom. The van der Waals surface area contributed by atoms with E-state index >= 15 is 0 Å². The lowest BCUT2D eigenvalue weighted by atomic mass is 10.0. The molecule has 0 bridgehead atoms. The Morgan fingerprint density at radius 2 is 2.21 bits per heavy atom. The summed E-state index contributed by atoms with van der Waals surface area (Å²) in [6.07, 6.45) is 4.33. The van der Waals surface area contributed by atoms with Crippen molar-refractivity contribution in [3.63, 3.8) is 0 Å². The van der Waals surface area contributed by atoms with Gasteiger partial charge in [-0.3, -0.25) is 4.99 Å². The topological polar surface area (TPSA) is 113 Å². The Morgan fingerprint density at radius 1 is 1.39 bits per heavy atom. The first-order valence-electron chi connectivity index (χ1n) is 10.3. The molecule has 164 valence electrons. The van der Waals surface area contributed by atoms with Gasteiger partial charge in [-0.1, -0.05) is 17.9 Å². The van der Waals surface area contributed by atoms with Crippen molar-refractivity contribution in [1.29, 1.82) is 5.26 Å². The number of carbonyl (C=O) groups is 1. The van der Waals surface area contributed by atoms with E-state index < -0.39 is 11.6 Å². The number of rotatable bonds is 3. The number of hydrogen-bond acceptors (Lipinski definition) is 7. The van der Waals surface area contributed by atoms with Crippen LogP contribution in [0, 0.1) is 23.2 Å². The summed E-state index contributed by atoms with van der Waals surface area (Å²) in [5, 5.41) is 25.2. The Labute approximate surface area is 190 Å². The molecule has 1 atom stereocenters. The number of allylic oxidation sites excluding steroid dienone is 1. The van der Waals surface area contributed by atoms with E-state index in [1.165, 1.54) is 13.3 Å². The molecule has 0 fully saturated rings. The van der Waals surface area contributed by atoms with E-state index in [4.69, 9.17) is 4.74 Å². The highest BCUT2D eigenvalue weighted by Gasteiger charge is 2.36. The molecule has 0 radical (unpaired) electrons. The van der Waals surface area contributed by atoms with Crippen LogP contribution in [-0.2, 0) is 4.74 Å². The highest BCUT2D eigenvalue weighted by Crippen LogP contribution is 2.36. The van der Waals surface area contributed by atoms with Crippen LogP contribution in [0.5, 0.6) is 0 Å². The molecule has 4 rings (SSSR count). The van der Waals surface area contributed by atoms with Gasteiger partial charge in [-0.15, -0.1) is 0 Å². The summed E-state index contributed by atoms with van der Waals surface area (Å²) in [4.78, 5) is 20.6. The van der Waals surface area contributed by atoms with E-state index in [1.54, 1.807) is 30.0 Å². The van der Waals surface area contributed by atoms with Gasteiger partial charge >= 0.3 is 5.97 Å². The fraction of sp³-hybridized carbons (Fsp3) is 0.240. The molecule has 1 aliphatic carbocycles. The summed E-state index contributed by atoms with van der Waals surface area (Å²) >= 11 is 0. The summed E-state index contributed by atoms with van der Waals surface area (Å²) in [5.74, 6) is 5.43. The van der Waals surface area contributed by atoms with Crippen molar-refractivity contribution in [3.8, 4) is 23.6 Å². The number of pyridine rings is 1. The summed E-state index contributed by atoms with van der Waals surface area (Å²) in [7, 11) is 1.28. The van der Waals surface area contributed by atoms with Crippen molar-refractivity contribution in [1.82, 2.24) is 14.8 Å².